The number of carbonyl (C=O) groups excluding carboxylic acids is 2. The number of hydrogen-bond donors (Lipinski definition) is 1. The molecule has 6 heteroatoms. The number of imide groups is 1. The molecule has 0 radical (unpaired) electrons. The summed E-state index contributed by atoms with van der Waals surface area (Å²) in [7, 11) is 0. The minimum atomic E-state index is -2.61. The number of alkyl halides is 2. The van der Waals surface area contributed by atoms with Gasteiger partial charge in [0, 0.05) is 25.4 Å². The molecule has 2 amide bonds. The predicted octanol–water partition coefficient (Wildman–Crippen LogP) is 1.92. The van der Waals surface area contributed by atoms with E-state index in [1.165, 1.54) is 4.90 Å². The van der Waals surface area contributed by atoms with Crippen molar-refractivity contribution in [2.24, 2.45) is 11.8 Å². The highest BCUT2D eigenvalue weighted by Crippen LogP contribution is 2.47. The first-order valence-electron chi connectivity index (χ1n) is 7.53. The molecule has 1 N–H and O–H groups in total. The number of benzene rings is 1. The molecule has 3 unspecified atom stereocenters. The van der Waals surface area contributed by atoms with E-state index in [9.17, 15) is 18.4 Å². The Bertz CT molecular complexity index is 626. The molecule has 1 aliphatic carbocycles. The largest absolute Gasteiger partial charge is 0.312 e. The van der Waals surface area contributed by atoms with Gasteiger partial charge in [-0.25, -0.2) is 8.78 Å². The number of nitrogens with one attached hydrogen (secondary N) is 1. The Morgan fingerprint density at radius 3 is 2.41 bits per heavy atom. The van der Waals surface area contributed by atoms with E-state index < -0.39 is 5.92 Å². The summed E-state index contributed by atoms with van der Waals surface area (Å²) >= 11 is 0. The molecule has 0 spiro atoms. The summed E-state index contributed by atoms with van der Waals surface area (Å²) in [5, 5.41) is 3.21. The van der Waals surface area contributed by atoms with Crippen molar-refractivity contribution in [3.63, 3.8) is 0 Å². The lowest BCUT2D eigenvalue weighted by molar-refractivity contribution is -0.000923. The van der Waals surface area contributed by atoms with Crippen LogP contribution in [0.1, 0.15) is 33.6 Å². The first kappa shape index (κ1) is 13.8. The molecule has 0 aromatic heterocycles. The van der Waals surface area contributed by atoms with Crippen molar-refractivity contribution in [2.45, 2.75) is 24.8 Å². The third-order valence-corrected chi connectivity index (χ3v) is 5.12. The standard InChI is InChI=1S/C16H16F2N2O2/c17-16(18)5-9-7-19-13(12(9)6-16)8-20-14(21)10-3-1-2-4-11(10)15(20)22/h1-4,9,12-13,19H,5-8H2. The third kappa shape index (κ3) is 1.97. The first-order valence-corrected chi connectivity index (χ1v) is 7.53. The summed E-state index contributed by atoms with van der Waals surface area (Å²) < 4.78 is 27.1. The maximum Gasteiger partial charge on any atom is 0.261 e. The Balaban J connectivity index is 1.54. The predicted molar refractivity (Wildman–Crippen MR) is 74.8 cm³/mol. The van der Waals surface area contributed by atoms with Crippen molar-refractivity contribution in [2.75, 3.05) is 13.1 Å². The van der Waals surface area contributed by atoms with E-state index in [0.29, 0.717) is 17.7 Å². The van der Waals surface area contributed by atoms with E-state index in [4.69, 9.17) is 0 Å². The molecule has 2 fully saturated rings. The van der Waals surface area contributed by atoms with Crippen molar-refractivity contribution in [1.29, 1.82) is 0 Å². The fourth-order valence-electron chi connectivity index (χ4n) is 4.08. The SMILES string of the molecule is O=C1c2ccccc2C(=O)N1CC1NCC2CC(F)(F)CC21. The van der Waals surface area contributed by atoms with Crippen LogP contribution in [0.4, 0.5) is 8.78 Å². The summed E-state index contributed by atoms with van der Waals surface area (Å²) in [4.78, 5) is 25.9. The minimum Gasteiger partial charge on any atom is -0.312 e. The van der Waals surface area contributed by atoms with E-state index in [1.54, 1.807) is 24.3 Å². The average molecular weight is 306 g/mol. The molecular formula is C16H16F2N2O2. The minimum absolute atomic E-state index is 0.0600. The van der Waals surface area contributed by atoms with Crippen LogP contribution in [0, 0.1) is 11.8 Å². The fraction of sp³-hybridized carbons (Fsp3) is 0.500. The Labute approximate surface area is 126 Å². The van der Waals surface area contributed by atoms with Gasteiger partial charge < -0.3 is 5.32 Å². The van der Waals surface area contributed by atoms with Gasteiger partial charge in [-0.15, -0.1) is 0 Å². The maximum atomic E-state index is 13.5. The van der Waals surface area contributed by atoms with Gasteiger partial charge in [0.15, 0.2) is 0 Å². The molecule has 2 aliphatic heterocycles. The third-order valence-electron chi connectivity index (χ3n) is 5.12. The van der Waals surface area contributed by atoms with Crippen LogP contribution in [0.15, 0.2) is 24.3 Å². The van der Waals surface area contributed by atoms with Crippen LogP contribution in [-0.4, -0.2) is 41.8 Å². The zero-order valence-corrected chi connectivity index (χ0v) is 11.9. The molecule has 22 heavy (non-hydrogen) atoms. The Morgan fingerprint density at radius 1 is 1.14 bits per heavy atom. The highest BCUT2D eigenvalue weighted by molar-refractivity contribution is 6.21. The van der Waals surface area contributed by atoms with Gasteiger partial charge in [0.2, 0.25) is 5.92 Å². The fourth-order valence-corrected chi connectivity index (χ4v) is 4.08. The van der Waals surface area contributed by atoms with Crippen LogP contribution in [0.3, 0.4) is 0 Å². The van der Waals surface area contributed by atoms with E-state index in [0.717, 1.165) is 0 Å². The molecule has 0 bridgehead atoms. The lowest BCUT2D eigenvalue weighted by Gasteiger charge is -2.24. The van der Waals surface area contributed by atoms with Crippen LogP contribution in [0.5, 0.6) is 0 Å². The molecular weight excluding hydrogens is 290 g/mol. The molecule has 2 heterocycles. The van der Waals surface area contributed by atoms with Gasteiger partial charge in [-0.1, -0.05) is 12.1 Å². The van der Waals surface area contributed by atoms with Crippen LogP contribution >= 0.6 is 0 Å². The van der Waals surface area contributed by atoms with Crippen molar-refractivity contribution in [3.05, 3.63) is 35.4 Å². The Hall–Kier alpha value is -1.82. The highest BCUT2D eigenvalue weighted by atomic mass is 19.3. The molecule has 1 saturated heterocycles. The molecule has 3 aliphatic rings. The van der Waals surface area contributed by atoms with Gasteiger partial charge in [-0.2, -0.15) is 0 Å². The van der Waals surface area contributed by atoms with Crippen LogP contribution in [-0.2, 0) is 0 Å². The van der Waals surface area contributed by atoms with E-state index in [-0.39, 0.29) is 49.1 Å². The van der Waals surface area contributed by atoms with Crippen molar-refractivity contribution >= 4 is 11.8 Å². The van der Waals surface area contributed by atoms with Gasteiger partial charge in [0.1, 0.15) is 0 Å². The highest BCUT2D eigenvalue weighted by Gasteiger charge is 2.52. The monoisotopic (exact) mass is 306 g/mol. The Morgan fingerprint density at radius 2 is 1.77 bits per heavy atom. The molecule has 4 nitrogen and oxygen atoms in total. The molecule has 1 saturated carbocycles. The number of hydrogen-bond acceptors (Lipinski definition) is 3. The van der Waals surface area contributed by atoms with Crippen molar-refractivity contribution in [1.82, 2.24) is 10.2 Å². The lowest BCUT2D eigenvalue weighted by Crippen LogP contribution is -2.43. The summed E-state index contributed by atoms with van der Waals surface area (Å²) in [5.41, 5.74) is 0.803. The lowest BCUT2D eigenvalue weighted by atomic mass is 9.94. The quantitative estimate of drug-likeness (QED) is 0.849. The number of fused-ring (bicyclic) bond motifs is 2. The summed E-state index contributed by atoms with van der Waals surface area (Å²) in [6.45, 7) is 0.706. The average Bonchev–Trinajstić information content (AvgIpc) is 3.06. The van der Waals surface area contributed by atoms with Gasteiger partial charge >= 0.3 is 0 Å². The molecule has 1 aromatic carbocycles. The normalized spacial score (nSPS) is 32.5. The maximum absolute atomic E-state index is 13.5. The van der Waals surface area contributed by atoms with Crippen molar-refractivity contribution < 1.29 is 18.4 Å². The van der Waals surface area contributed by atoms with Crippen molar-refractivity contribution in [3.8, 4) is 0 Å². The number of halogens is 2. The van der Waals surface area contributed by atoms with Gasteiger partial charge in [-0.3, -0.25) is 14.5 Å². The van der Waals surface area contributed by atoms with Gasteiger partial charge in [0.05, 0.1) is 11.1 Å². The zero-order chi connectivity index (χ0) is 15.5. The first-order chi connectivity index (χ1) is 10.5. The molecule has 116 valence electrons. The number of nitrogens with zero attached hydrogens (tertiary/aromatic N) is 1. The van der Waals surface area contributed by atoms with E-state index in [2.05, 4.69) is 5.32 Å². The smallest absolute Gasteiger partial charge is 0.261 e. The Kier molecular flexibility index (Phi) is 2.88. The van der Waals surface area contributed by atoms with Crippen LogP contribution in [0.2, 0.25) is 0 Å². The second kappa shape index (κ2) is 4.59. The number of amides is 2. The second-order valence-corrected chi connectivity index (χ2v) is 6.47. The van der Waals surface area contributed by atoms with E-state index in [1.807, 2.05) is 0 Å². The molecule has 3 atom stereocenters. The molecule has 1 aromatic rings. The van der Waals surface area contributed by atoms with E-state index >= 15 is 0 Å². The van der Waals surface area contributed by atoms with Gasteiger partial charge in [-0.05, 0) is 30.5 Å². The summed E-state index contributed by atoms with van der Waals surface area (Å²) in [5.74, 6) is -3.49. The summed E-state index contributed by atoms with van der Waals surface area (Å²) in [6, 6.07) is 6.46. The van der Waals surface area contributed by atoms with Gasteiger partial charge in [0.25, 0.3) is 11.8 Å². The topological polar surface area (TPSA) is 49.4 Å². The number of carbonyl (C=O) groups is 2. The van der Waals surface area contributed by atoms with Crippen LogP contribution in [0.25, 0.3) is 0 Å². The summed E-state index contributed by atoms with van der Waals surface area (Å²) in [6.07, 6.45) is -0.248. The molecule has 4 rings (SSSR count). The van der Waals surface area contributed by atoms with Crippen LogP contribution < -0.4 is 5.32 Å². The zero-order valence-electron chi connectivity index (χ0n) is 11.9. The number of rotatable bonds is 2. The second-order valence-electron chi connectivity index (χ2n) is 6.47.